The maximum Gasteiger partial charge on any atom is 0.306 e. The molecule has 0 radical (unpaired) electrons. The summed E-state index contributed by atoms with van der Waals surface area (Å²) < 4.78 is 16.8. The number of rotatable bonds is 48. The van der Waals surface area contributed by atoms with Crippen LogP contribution in [0.25, 0.3) is 0 Å². The highest BCUT2D eigenvalue weighted by Crippen LogP contribution is 2.18. The van der Waals surface area contributed by atoms with Gasteiger partial charge in [0.2, 0.25) is 0 Å². The minimum Gasteiger partial charge on any atom is -0.462 e. The van der Waals surface area contributed by atoms with E-state index in [9.17, 15) is 14.4 Å². The van der Waals surface area contributed by atoms with Crippen LogP contribution < -0.4 is 0 Å². The Morgan fingerprint density at radius 1 is 0.328 bits per heavy atom. The Morgan fingerprint density at radius 3 is 0.852 bits per heavy atom. The van der Waals surface area contributed by atoms with Crippen LogP contribution in [0.2, 0.25) is 0 Å². The minimum atomic E-state index is -0.763. The first-order chi connectivity index (χ1) is 29.6. The van der Waals surface area contributed by atoms with Gasteiger partial charge in [-0.25, -0.2) is 0 Å². The second kappa shape index (κ2) is 46.4. The molecule has 0 spiro atoms. The van der Waals surface area contributed by atoms with Gasteiger partial charge in [0, 0.05) is 19.3 Å². The number of unbranched alkanes of at least 4 members (excludes halogenated alkanes) is 30. The quantitative estimate of drug-likeness (QED) is 0.0344. The third kappa shape index (κ3) is 47.7. The Balaban J connectivity index is 4.29. The molecule has 0 aromatic heterocycles. The third-order valence-corrected chi connectivity index (χ3v) is 12.8. The summed E-state index contributed by atoms with van der Waals surface area (Å²) in [5.74, 6) is 1.66. The summed E-state index contributed by atoms with van der Waals surface area (Å²) in [6.07, 6.45) is 46.6. The average Bonchev–Trinajstić information content (AvgIpc) is 3.23. The minimum absolute atomic E-state index is 0.0649. The SMILES string of the molecule is CCC(C)CCCCCCCCCCC(=O)OC[C@H](COC(=O)CCCCCCCCCCCC(C)C)OC(=O)CCCCCCCCCCCCCCCCCCC(C)C. The Morgan fingerprint density at radius 2 is 0.574 bits per heavy atom. The van der Waals surface area contributed by atoms with Crippen molar-refractivity contribution in [1.29, 1.82) is 0 Å². The molecular weight excluding hydrogens is 757 g/mol. The molecule has 0 saturated heterocycles. The van der Waals surface area contributed by atoms with Crippen molar-refractivity contribution in [1.82, 2.24) is 0 Å². The fraction of sp³-hybridized carbons (Fsp3) is 0.945. The van der Waals surface area contributed by atoms with Crippen LogP contribution in [0.3, 0.4) is 0 Å². The predicted octanol–water partition coefficient (Wildman–Crippen LogP) is 17.6. The van der Waals surface area contributed by atoms with E-state index in [2.05, 4.69) is 41.5 Å². The van der Waals surface area contributed by atoms with E-state index in [-0.39, 0.29) is 31.1 Å². The molecule has 61 heavy (non-hydrogen) atoms. The highest BCUT2D eigenvalue weighted by molar-refractivity contribution is 5.71. The van der Waals surface area contributed by atoms with Crippen molar-refractivity contribution in [3.05, 3.63) is 0 Å². The molecule has 0 heterocycles. The Hall–Kier alpha value is -1.59. The van der Waals surface area contributed by atoms with Crippen LogP contribution in [0.15, 0.2) is 0 Å². The van der Waals surface area contributed by atoms with Crippen LogP contribution in [0.4, 0.5) is 0 Å². The van der Waals surface area contributed by atoms with E-state index in [4.69, 9.17) is 14.2 Å². The molecule has 6 heteroatoms. The number of ether oxygens (including phenoxy) is 3. The second-order valence-corrected chi connectivity index (χ2v) is 20.1. The topological polar surface area (TPSA) is 78.9 Å². The number of hydrogen-bond donors (Lipinski definition) is 0. The lowest BCUT2D eigenvalue weighted by Crippen LogP contribution is -2.30. The summed E-state index contributed by atoms with van der Waals surface area (Å²) in [5.41, 5.74) is 0. The van der Waals surface area contributed by atoms with E-state index in [1.165, 1.54) is 180 Å². The first-order valence-electron chi connectivity index (χ1n) is 27.1. The molecule has 0 aromatic rings. The summed E-state index contributed by atoms with van der Waals surface area (Å²) in [7, 11) is 0. The molecule has 0 saturated carbocycles. The van der Waals surface area contributed by atoms with Gasteiger partial charge in [0.05, 0.1) is 0 Å². The highest BCUT2D eigenvalue weighted by atomic mass is 16.6. The third-order valence-electron chi connectivity index (χ3n) is 12.8. The lowest BCUT2D eigenvalue weighted by molar-refractivity contribution is -0.167. The van der Waals surface area contributed by atoms with Crippen LogP contribution in [-0.4, -0.2) is 37.2 Å². The van der Waals surface area contributed by atoms with Gasteiger partial charge >= 0.3 is 17.9 Å². The monoisotopic (exact) mass is 863 g/mol. The van der Waals surface area contributed by atoms with Crippen molar-refractivity contribution in [2.45, 2.75) is 304 Å². The standard InChI is InChI=1S/C55H106O6/c1-7-51(6)43-37-31-25-21-22-27-33-39-45-54(57)60-48-52(47-59-53(56)44-38-32-26-20-16-18-24-30-36-42-50(4)5)61-55(58)46-40-34-28-19-15-13-11-9-8-10-12-14-17-23-29-35-41-49(2)3/h49-52H,7-48H2,1-6H3/t51?,52-/m0/s1. The normalized spacial score (nSPS) is 12.6. The van der Waals surface area contributed by atoms with E-state index >= 15 is 0 Å². The van der Waals surface area contributed by atoms with Gasteiger partial charge in [-0.15, -0.1) is 0 Å². The molecule has 0 fully saturated rings. The fourth-order valence-electron chi connectivity index (χ4n) is 8.26. The summed E-state index contributed by atoms with van der Waals surface area (Å²) in [5, 5.41) is 0. The number of hydrogen-bond acceptors (Lipinski definition) is 6. The lowest BCUT2D eigenvalue weighted by atomic mass is 9.99. The van der Waals surface area contributed by atoms with E-state index < -0.39 is 6.10 Å². The number of carbonyl (C=O) groups excluding carboxylic acids is 3. The van der Waals surface area contributed by atoms with E-state index in [0.29, 0.717) is 19.3 Å². The molecule has 362 valence electrons. The van der Waals surface area contributed by atoms with Crippen LogP contribution in [0.1, 0.15) is 298 Å². The number of esters is 3. The van der Waals surface area contributed by atoms with Gasteiger partial charge in [0.15, 0.2) is 6.10 Å². The summed E-state index contributed by atoms with van der Waals surface area (Å²) >= 11 is 0. The van der Waals surface area contributed by atoms with Crippen molar-refractivity contribution in [2.75, 3.05) is 13.2 Å². The highest BCUT2D eigenvalue weighted by Gasteiger charge is 2.19. The lowest BCUT2D eigenvalue weighted by Gasteiger charge is -2.18. The second-order valence-electron chi connectivity index (χ2n) is 20.1. The van der Waals surface area contributed by atoms with Crippen LogP contribution in [-0.2, 0) is 28.6 Å². The maximum absolute atomic E-state index is 12.8. The molecule has 6 nitrogen and oxygen atoms in total. The molecule has 0 aliphatic heterocycles. The molecule has 0 aliphatic carbocycles. The summed E-state index contributed by atoms with van der Waals surface area (Å²) in [4.78, 5) is 38.0. The molecule has 2 atom stereocenters. The van der Waals surface area contributed by atoms with Gasteiger partial charge in [-0.3, -0.25) is 14.4 Å². The smallest absolute Gasteiger partial charge is 0.306 e. The van der Waals surface area contributed by atoms with Crippen LogP contribution >= 0.6 is 0 Å². The zero-order valence-corrected chi connectivity index (χ0v) is 42.0. The average molecular weight is 863 g/mol. The Bertz CT molecular complexity index is 947. The predicted molar refractivity (Wildman–Crippen MR) is 261 cm³/mol. The van der Waals surface area contributed by atoms with E-state index in [1.54, 1.807) is 0 Å². The van der Waals surface area contributed by atoms with Gasteiger partial charge in [0.25, 0.3) is 0 Å². The fourth-order valence-corrected chi connectivity index (χ4v) is 8.26. The van der Waals surface area contributed by atoms with Gasteiger partial charge in [-0.2, -0.15) is 0 Å². The van der Waals surface area contributed by atoms with Gasteiger partial charge in [-0.1, -0.05) is 260 Å². The van der Waals surface area contributed by atoms with Gasteiger partial charge in [0.1, 0.15) is 13.2 Å². The molecule has 0 aliphatic rings. The molecule has 1 unspecified atom stereocenters. The van der Waals surface area contributed by atoms with Crippen molar-refractivity contribution in [3.8, 4) is 0 Å². The largest absolute Gasteiger partial charge is 0.462 e. The van der Waals surface area contributed by atoms with Crippen molar-refractivity contribution in [3.63, 3.8) is 0 Å². The van der Waals surface area contributed by atoms with Crippen molar-refractivity contribution >= 4 is 17.9 Å². The van der Waals surface area contributed by atoms with Crippen molar-refractivity contribution < 1.29 is 28.6 Å². The molecule has 0 amide bonds. The maximum atomic E-state index is 12.8. The zero-order chi connectivity index (χ0) is 44.9. The first kappa shape index (κ1) is 59.4. The molecular formula is C55H106O6. The molecule has 0 aromatic carbocycles. The van der Waals surface area contributed by atoms with E-state index in [1.807, 2.05) is 0 Å². The van der Waals surface area contributed by atoms with Crippen LogP contribution in [0.5, 0.6) is 0 Å². The van der Waals surface area contributed by atoms with Gasteiger partial charge < -0.3 is 14.2 Å². The molecule has 0 rings (SSSR count). The van der Waals surface area contributed by atoms with E-state index in [0.717, 1.165) is 75.5 Å². The zero-order valence-electron chi connectivity index (χ0n) is 42.0. The molecule has 0 bridgehead atoms. The number of carbonyl (C=O) groups is 3. The molecule has 0 N–H and O–H groups in total. The van der Waals surface area contributed by atoms with Gasteiger partial charge in [-0.05, 0) is 37.0 Å². The summed E-state index contributed by atoms with van der Waals surface area (Å²) in [6, 6.07) is 0. The first-order valence-corrected chi connectivity index (χ1v) is 27.1. The Kier molecular flexibility index (Phi) is 45.2. The summed E-state index contributed by atoms with van der Waals surface area (Å²) in [6.45, 7) is 13.7. The Labute approximate surface area is 380 Å². The van der Waals surface area contributed by atoms with Crippen molar-refractivity contribution in [2.24, 2.45) is 17.8 Å². The van der Waals surface area contributed by atoms with Crippen LogP contribution in [0, 0.1) is 17.8 Å².